The lowest BCUT2D eigenvalue weighted by Gasteiger charge is -2.20. The maximum absolute atomic E-state index is 12.7. The number of nitrogens with zero attached hydrogens (tertiary/aromatic N) is 4. The number of carbonyl (C=O) groups excluding carboxylic acids is 1. The molecule has 1 aliphatic rings. The third-order valence-electron chi connectivity index (χ3n) is 5.00. The number of hydrogen-bond acceptors (Lipinski definition) is 4. The minimum Gasteiger partial charge on any atom is -0.390 e. The summed E-state index contributed by atoms with van der Waals surface area (Å²) in [6, 6.07) is 9.49. The molecular formula is C21H22Cl2N4O2. The predicted molar refractivity (Wildman–Crippen MR) is 115 cm³/mol. The van der Waals surface area contributed by atoms with E-state index in [1.165, 1.54) is 0 Å². The highest BCUT2D eigenvalue weighted by atomic mass is 35.5. The van der Waals surface area contributed by atoms with Crippen molar-refractivity contribution in [3.8, 4) is 22.7 Å². The van der Waals surface area contributed by atoms with Crippen molar-refractivity contribution in [1.82, 2.24) is 19.7 Å². The van der Waals surface area contributed by atoms with Gasteiger partial charge in [0.1, 0.15) is 0 Å². The summed E-state index contributed by atoms with van der Waals surface area (Å²) in [6.07, 6.45) is 4.61. The molecule has 8 heteroatoms. The molecule has 2 aromatic heterocycles. The van der Waals surface area contributed by atoms with Crippen LogP contribution in [0.4, 0.5) is 4.79 Å². The maximum Gasteiger partial charge on any atom is 0.416 e. The zero-order chi connectivity index (χ0) is 19.7. The number of pyridine rings is 1. The van der Waals surface area contributed by atoms with E-state index in [1.54, 1.807) is 22.0 Å². The zero-order valence-electron chi connectivity index (χ0n) is 16.3. The second kappa shape index (κ2) is 8.84. The molecule has 0 aliphatic heterocycles. The Bertz CT molecular complexity index is 1020. The minimum absolute atomic E-state index is 0. The number of halogens is 2. The number of aryl methyl sites for hydroxylation is 2. The zero-order valence-corrected chi connectivity index (χ0v) is 17.8. The molecule has 29 heavy (non-hydrogen) atoms. The van der Waals surface area contributed by atoms with Gasteiger partial charge in [0, 0.05) is 30.5 Å². The van der Waals surface area contributed by atoms with Crippen LogP contribution in [0.1, 0.15) is 25.1 Å². The van der Waals surface area contributed by atoms with E-state index >= 15 is 0 Å². The third kappa shape index (κ3) is 3.95. The molecule has 1 amide bonds. The number of fused-ring (bicyclic) bond motifs is 3. The Balaban J connectivity index is 0.00000240. The molecule has 0 unspecified atom stereocenters. The van der Waals surface area contributed by atoms with E-state index in [9.17, 15) is 4.79 Å². The topological polar surface area (TPSA) is 60.3 Å². The second-order valence-corrected chi connectivity index (χ2v) is 7.02. The smallest absolute Gasteiger partial charge is 0.390 e. The van der Waals surface area contributed by atoms with Crippen LogP contribution in [0.2, 0.25) is 5.02 Å². The van der Waals surface area contributed by atoms with E-state index in [0.29, 0.717) is 24.0 Å². The van der Waals surface area contributed by atoms with Gasteiger partial charge in [0.25, 0.3) is 0 Å². The van der Waals surface area contributed by atoms with Crippen LogP contribution in [0.25, 0.3) is 16.8 Å². The van der Waals surface area contributed by atoms with Crippen molar-refractivity contribution in [3.63, 3.8) is 0 Å². The lowest BCUT2D eigenvalue weighted by Crippen LogP contribution is -2.33. The number of carbonyl (C=O) groups is 1. The highest BCUT2D eigenvalue weighted by molar-refractivity contribution is 6.30. The van der Waals surface area contributed by atoms with Crippen LogP contribution >= 0.6 is 24.0 Å². The molecule has 0 bridgehead atoms. The van der Waals surface area contributed by atoms with Crippen LogP contribution in [-0.2, 0) is 12.8 Å². The van der Waals surface area contributed by atoms with Crippen molar-refractivity contribution in [2.45, 2.75) is 26.7 Å². The second-order valence-electron chi connectivity index (χ2n) is 6.59. The van der Waals surface area contributed by atoms with Gasteiger partial charge in [-0.1, -0.05) is 17.7 Å². The fraction of sp³-hybridized carbons (Fsp3) is 0.286. The molecule has 0 atom stereocenters. The lowest BCUT2D eigenvalue weighted by molar-refractivity contribution is 0.154. The van der Waals surface area contributed by atoms with Gasteiger partial charge >= 0.3 is 6.09 Å². The van der Waals surface area contributed by atoms with Crippen LogP contribution in [0.15, 0.2) is 42.7 Å². The Labute approximate surface area is 180 Å². The van der Waals surface area contributed by atoms with E-state index in [0.717, 1.165) is 40.9 Å². The molecule has 1 aliphatic carbocycles. The Morgan fingerprint density at radius 1 is 1.17 bits per heavy atom. The standard InChI is InChI=1S/C21H21ClN4O2.ClH/c1-3-25(4-2)21(27)28-20-19-17-7-6-15(22)13-14(17)5-8-18(19)24-26(20)16-9-11-23-12-10-16;/h6-7,9-13H,3-5,8H2,1-2H3;1H. The van der Waals surface area contributed by atoms with Crippen molar-refractivity contribution in [1.29, 1.82) is 0 Å². The average Bonchev–Trinajstić information content (AvgIpc) is 3.08. The Morgan fingerprint density at radius 3 is 2.59 bits per heavy atom. The third-order valence-corrected chi connectivity index (χ3v) is 5.23. The van der Waals surface area contributed by atoms with Gasteiger partial charge < -0.3 is 9.64 Å². The fourth-order valence-electron chi connectivity index (χ4n) is 3.54. The first-order valence-electron chi connectivity index (χ1n) is 9.40. The van der Waals surface area contributed by atoms with E-state index in [4.69, 9.17) is 21.4 Å². The van der Waals surface area contributed by atoms with Gasteiger partial charge in [0.05, 0.1) is 16.9 Å². The van der Waals surface area contributed by atoms with Crippen molar-refractivity contribution in [2.75, 3.05) is 13.1 Å². The van der Waals surface area contributed by atoms with E-state index < -0.39 is 0 Å². The highest BCUT2D eigenvalue weighted by Crippen LogP contribution is 2.42. The summed E-state index contributed by atoms with van der Waals surface area (Å²) >= 11 is 6.19. The summed E-state index contributed by atoms with van der Waals surface area (Å²) in [6.45, 7) is 5.01. The number of aromatic nitrogens is 3. The Hall–Kier alpha value is -2.57. The van der Waals surface area contributed by atoms with Crippen LogP contribution in [0.5, 0.6) is 5.88 Å². The molecule has 0 fully saturated rings. The van der Waals surface area contributed by atoms with Crippen molar-refractivity contribution >= 4 is 30.1 Å². The van der Waals surface area contributed by atoms with E-state index in [2.05, 4.69) is 4.98 Å². The van der Waals surface area contributed by atoms with Crippen molar-refractivity contribution < 1.29 is 9.53 Å². The maximum atomic E-state index is 12.7. The molecule has 152 valence electrons. The fourth-order valence-corrected chi connectivity index (χ4v) is 3.74. The van der Waals surface area contributed by atoms with E-state index in [1.807, 2.05) is 44.2 Å². The van der Waals surface area contributed by atoms with Crippen LogP contribution < -0.4 is 4.74 Å². The number of ether oxygens (including phenoxy) is 1. The molecule has 0 spiro atoms. The molecule has 3 aromatic rings. The quantitative estimate of drug-likeness (QED) is 0.584. The first kappa shape index (κ1) is 21.1. The van der Waals surface area contributed by atoms with Gasteiger partial charge in [-0.3, -0.25) is 4.98 Å². The van der Waals surface area contributed by atoms with Gasteiger partial charge in [-0.15, -0.1) is 12.4 Å². The SMILES string of the molecule is CCN(CC)C(=O)Oc1c2c(nn1-c1ccncc1)CCc1cc(Cl)ccc1-2.Cl. The van der Waals surface area contributed by atoms with Crippen LogP contribution in [-0.4, -0.2) is 38.8 Å². The Morgan fingerprint density at radius 2 is 1.90 bits per heavy atom. The van der Waals surface area contributed by atoms with Gasteiger partial charge in [-0.25, -0.2) is 4.79 Å². The van der Waals surface area contributed by atoms with Crippen LogP contribution in [0.3, 0.4) is 0 Å². The highest BCUT2D eigenvalue weighted by Gasteiger charge is 2.29. The Kier molecular flexibility index (Phi) is 6.45. The number of benzene rings is 1. The lowest BCUT2D eigenvalue weighted by atomic mass is 9.90. The summed E-state index contributed by atoms with van der Waals surface area (Å²) < 4.78 is 7.60. The van der Waals surface area contributed by atoms with Gasteiger partial charge in [-0.05, 0) is 62.1 Å². The number of amides is 1. The molecule has 1 aromatic carbocycles. The first-order chi connectivity index (χ1) is 13.6. The van der Waals surface area contributed by atoms with Crippen molar-refractivity contribution in [2.24, 2.45) is 0 Å². The van der Waals surface area contributed by atoms with Gasteiger partial charge in [0.15, 0.2) is 0 Å². The number of rotatable bonds is 4. The summed E-state index contributed by atoms with van der Waals surface area (Å²) in [7, 11) is 0. The first-order valence-corrected chi connectivity index (χ1v) is 9.78. The predicted octanol–water partition coefficient (Wildman–Crippen LogP) is 4.95. The minimum atomic E-state index is -0.385. The molecule has 0 saturated heterocycles. The molecular weight excluding hydrogens is 411 g/mol. The number of hydrogen-bond donors (Lipinski definition) is 0. The summed E-state index contributed by atoms with van der Waals surface area (Å²) in [5.74, 6) is 0.432. The molecule has 0 saturated carbocycles. The summed E-state index contributed by atoms with van der Waals surface area (Å²) in [5, 5.41) is 5.47. The van der Waals surface area contributed by atoms with Crippen LogP contribution in [0, 0.1) is 0 Å². The van der Waals surface area contributed by atoms with E-state index in [-0.39, 0.29) is 18.5 Å². The van der Waals surface area contributed by atoms with Gasteiger partial charge in [0.2, 0.25) is 5.88 Å². The molecule has 6 nitrogen and oxygen atoms in total. The molecule has 4 rings (SSSR count). The average molecular weight is 433 g/mol. The monoisotopic (exact) mass is 432 g/mol. The normalized spacial score (nSPS) is 11.8. The van der Waals surface area contributed by atoms with Crippen molar-refractivity contribution in [3.05, 3.63) is 59.0 Å². The molecule has 0 N–H and O–H groups in total. The summed E-state index contributed by atoms with van der Waals surface area (Å²) in [4.78, 5) is 18.5. The summed E-state index contributed by atoms with van der Waals surface area (Å²) in [5.41, 5.74) is 4.70. The van der Waals surface area contributed by atoms with Gasteiger partial charge in [-0.2, -0.15) is 9.78 Å². The molecule has 0 radical (unpaired) electrons. The largest absolute Gasteiger partial charge is 0.416 e. The molecule has 2 heterocycles.